The Labute approximate surface area is 191 Å². The summed E-state index contributed by atoms with van der Waals surface area (Å²) in [5.74, 6) is 1.30. The molecule has 1 saturated heterocycles. The number of ether oxygens (including phenoxy) is 1. The molecular weight excluding hydrogens is 427 g/mol. The van der Waals surface area contributed by atoms with Crippen molar-refractivity contribution in [2.45, 2.75) is 32.8 Å². The third-order valence-corrected chi connectivity index (χ3v) is 6.53. The predicted octanol–water partition coefficient (Wildman–Crippen LogP) is 5.19. The van der Waals surface area contributed by atoms with Crippen molar-refractivity contribution >= 4 is 23.2 Å². The number of thiazole rings is 1. The van der Waals surface area contributed by atoms with Crippen LogP contribution in [-0.2, 0) is 11.3 Å². The van der Waals surface area contributed by atoms with Crippen molar-refractivity contribution in [3.63, 3.8) is 0 Å². The van der Waals surface area contributed by atoms with E-state index >= 15 is 0 Å². The molecule has 0 bridgehead atoms. The van der Waals surface area contributed by atoms with E-state index in [0.717, 1.165) is 60.0 Å². The summed E-state index contributed by atoms with van der Waals surface area (Å²) >= 11 is 1.55. The van der Waals surface area contributed by atoms with Crippen molar-refractivity contribution < 1.29 is 13.9 Å². The number of amides is 1. The number of nitrogens with zero attached hydrogens (tertiary/aromatic N) is 3. The Balaban J connectivity index is 1.16. The number of benzene rings is 1. The highest BCUT2D eigenvalue weighted by Gasteiger charge is 2.20. The molecule has 8 heteroatoms. The van der Waals surface area contributed by atoms with Crippen molar-refractivity contribution in [3.05, 3.63) is 64.5 Å². The number of aromatic nitrogens is 2. The van der Waals surface area contributed by atoms with Gasteiger partial charge in [0.2, 0.25) is 0 Å². The quantitative estimate of drug-likeness (QED) is 0.532. The molecule has 1 fully saturated rings. The Morgan fingerprint density at radius 2 is 1.94 bits per heavy atom. The Hall–Kier alpha value is -3.00. The molecule has 0 saturated carbocycles. The van der Waals surface area contributed by atoms with Crippen LogP contribution in [0.2, 0.25) is 0 Å². The molecule has 6 nitrogen and oxygen atoms in total. The first-order valence-corrected chi connectivity index (χ1v) is 11.7. The lowest BCUT2D eigenvalue weighted by Crippen LogP contribution is -2.35. The molecule has 1 aliphatic heterocycles. The lowest BCUT2D eigenvalue weighted by atomic mass is 9.93. The van der Waals surface area contributed by atoms with E-state index in [1.54, 1.807) is 23.5 Å². The Morgan fingerprint density at radius 3 is 2.59 bits per heavy atom. The molecule has 3 heterocycles. The number of hydrogen-bond acceptors (Lipinski definition) is 6. The van der Waals surface area contributed by atoms with Crippen molar-refractivity contribution in [3.8, 4) is 11.1 Å². The molecule has 0 atom stereocenters. The van der Waals surface area contributed by atoms with Gasteiger partial charge in [0.05, 0.1) is 10.7 Å². The molecule has 0 radical (unpaired) electrons. The minimum absolute atomic E-state index is 0.210. The van der Waals surface area contributed by atoms with Crippen LogP contribution in [0.25, 0.3) is 11.1 Å². The predicted molar refractivity (Wildman–Crippen MR) is 124 cm³/mol. The van der Waals surface area contributed by atoms with Gasteiger partial charge in [-0.15, -0.1) is 11.3 Å². The second-order valence-corrected chi connectivity index (χ2v) is 9.05. The maximum Gasteiger partial charge on any atom is 0.407 e. The zero-order valence-electron chi connectivity index (χ0n) is 18.1. The van der Waals surface area contributed by atoms with E-state index in [0.29, 0.717) is 12.5 Å². The van der Waals surface area contributed by atoms with E-state index in [9.17, 15) is 9.18 Å². The Morgan fingerprint density at radius 1 is 1.19 bits per heavy atom. The number of aryl methyl sites for hydroxylation is 1. The van der Waals surface area contributed by atoms with Crippen molar-refractivity contribution in [2.24, 2.45) is 5.92 Å². The molecule has 1 aromatic carbocycles. The summed E-state index contributed by atoms with van der Waals surface area (Å²) in [6.45, 7) is 4.65. The molecule has 1 amide bonds. The van der Waals surface area contributed by atoms with Gasteiger partial charge in [-0.3, -0.25) is 0 Å². The number of carbonyl (C=O) groups excluding carboxylic acids is 1. The van der Waals surface area contributed by atoms with E-state index in [2.05, 4.69) is 20.2 Å². The Bertz CT molecular complexity index is 1020. The van der Waals surface area contributed by atoms with Crippen LogP contribution in [0.3, 0.4) is 0 Å². The first-order valence-electron chi connectivity index (χ1n) is 10.9. The molecule has 0 spiro atoms. The maximum absolute atomic E-state index is 13.1. The fourth-order valence-electron chi connectivity index (χ4n) is 3.88. The number of nitrogens with one attached hydrogen (secondary N) is 1. The van der Waals surface area contributed by atoms with Crippen LogP contribution in [0.15, 0.2) is 48.0 Å². The van der Waals surface area contributed by atoms with Gasteiger partial charge < -0.3 is 15.0 Å². The zero-order chi connectivity index (χ0) is 22.3. The number of hydrogen-bond donors (Lipinski definition) is 1. The molecule has 0 unspecified atom stereocenters. The van der Waals surface area contributed by atoms with Crippen LogP contribution in [0, 0.1) is 18.7 Å². The van der Waals surface area contributed by atoms with Crippen LogP contribution in [-0.4, -0.2) is 35.7 Å². The molecule has 32 heavy (non-hydrogen) atoms. The third kappa shape index (κ3) is 6.03. The molecule has 1 aliphatic rings. The van der Waals surface area contributed by atoms with Crippen molar-refractivity contribution in [1.82, 2.24) is 15.3 Å². The number of anilines is 1. The van der Waals surface area contributed by atoms with E-state index < -0.39 is 6.09 Å². The van der Waals surface area contributed by atoms with Crippen LogP contribution in [0.1, 0.15) is 30.0 Å². The van der Waals surface area contributed by atoms with Gasteiger partial charge in [0.1, 0.15) is 18.2 Å². The fraction of sp³-hybridized carbons (Fsp3) is 0.375. The zero-order valence-corrected chi connectivity index (χ0v) is 18.9. The van der Waals surface area contributed by atoms with Crippen LogP contribution in [0.5, 0.6) is 0 Å². The Kier molecular flexibility index (Phi) is 7.32. The van der Waals surface area contributed by atoms with Crippen LogP contribution < -0.4 is 10.2 Å². The van der Waals surface area contributed by atoms with Gasteiger partial charge in [0, 0.05) is 36.8 Å². The molecule has 168 valence electrons. The number of piperidine rings is 1. The number of rotatable bonds is 7. The van der Waals surface area contributed by atoms with E-state index in [1.807, 2.05) is 30.6 Å². The highest BCUT2D eigenvalue weighted by molar-refractivity contribution is 7.09. The lowest BCUT2D eigenvalue weighted by Gasteiger charge is -2.33. The van der Waals surface area contributed by atoms with Crippen LogP contribution >= 0.6 is 11.3 Å². The summed E-state index contributed by atoms with van der Waals surface area (Å²) in [6.07, 6.45) is 4.53. The molecule has 1 N–H and O–H groups in total. The van der Waals surface area contributed by atoms with Gasteiger partial charge in [-0.05, 0) is 61.9 Å². The second-order valence-electron chi connectivity index (χ2n) is 7.99. The summed E-state index contributed by atoms with van der Waals surface area (Å²) in [6, 6.07) is 10.5. The SMILES string of the molecule is Cc1nc(COC(=O)NCCC2CCN(c3ccc(-c4ccc(F)cc4)cn3)CC2)cs1. The fourth-order valence-corrected chi connectivity index (χ4v) is 4.48. The average Bonchev–Trinajstić information content (AvgIpc) is 3.24. The van der Waals surface area contributed by atoms with Gasteiger partial charge >= 0.3 is 6.09 Å². The van der Waals surface area contributed by atoms with E-state index in [4.69, 9.17) is 4.74 Å². The van der Waals surface area contributed by atoms with Gasteiger partial charge in [-0.1, -0.05) is 12.1 Å². The van der Waals surface area contributed by atoms with E-state index in [-0.39, 0.29) is 12.4 Å². The summed E-state index contributed by atoms with van der Waals surface area (Å²) < 4.78 is 18.3. The number of alkyl carbamates (subject to hydrolysis) is 1. The number of halogens is 1. The van der Waals surface area contributed by atoms with Gasteiger partial charge in [-0.2, -0.15) is 0 Å². The topological polar surface area (TPSA) is 67.3 Å². The summed E-state index contributed by atoms with van der Waals surface area (Å²) in [7, 11) is 0. The average molecular weight is 455 g/mol. The normalized spacial score (nSPS) is 14.4. The highest BCUT2D eigenvalue weighted by atomic mass is 32.1. The van der Waals surface area contributed by atoms with Crippen LogP contribution in [0.4, 0.5) is 15.0 Å². The summed E-state index contributed by atoms with van der Waals surface area (Å²) in [5, 5.41) is 5.71. The summed E-state index contributed by atoms with van der Waals surface area (Å²) in [4.78, 5) is 23.0. The highest BCUT2D eigenvalue weighted by Crippen LogP contribution is 2.26. The number of pyridine rings is 1. The molecule has 4 rings (SSSR count). The standard InChI is InChI=1S/C24H27FN4O2S/c1-17-28-22(16-32-17)15-31-24(30)26-11-8-18-9-12-29(13-10-18)23-7-4-20(14-27-23)19-2-5-21(25)6-3-19/h2-7,14,16,18H,8-13,15H2,1H3,(H,26,30). The third-order valence-electron chi connectivity index (χ3n) is 5.70. The smallest absolute Gasteiger partial charge is 0.407 e. The molecule has 2 aromatic heterocycles. The van der Waals surface area contributed by atoms with Gasteiger partial charge in [0.15, 0.2) is 0 Å². The molecule has 3 aromatic rings. The lowest BCUT2D eigenvalue weighted by molar-refractivity contribution is 0.137. The van der Waals surface area contributed by atoms with Gasteiger partial charge in [-0.25, -0.2) is 19.2 Å². The molecular formula is C24H27FN4O2S. The first-order chi connectivity index (χ1) is 15.6. The largest absolute Gasteiger partial charge is 0.443 e. The monoisotopic (exact) mass is 454 g/mol. The first kappa shape index (κ1) is 22.2. The second kappa shape index (κ2) is 10.5. The minimum atomic E-state index is -0.390. The molecule has 0 aliphatic carbocycles. The minimum Gasteiger partial charge on any atom is -0.443 e. The van der Waals surface area contributed by atoms with Gasteiger partial charge in [0.25, 0.3) is 0 Å². The van der Waals surface area contributed by atoms with Crippen molar-refractivity contribution in [2.75, 3.05) is 24.5 Å². The maximum atomic E-state index is 13.1. The summed E-state index contributed by atoms with van der Waals surface area (Å²) in [5.41, 5.74) is 2.72. The number of carbonyl (C=O) groups is 1. The van der Waals surface area contributed by atoms with E-state index in [1.165, 1.54) is 12.1 Å². The van der Waals surface area contributed by atoms with Crippen molar-refractivity contribution in [1.29, 1.82) is 0 Å².